The van der Waals surface area contributed by atoms with Crippen LogP contribution in [-0.2, 0) is 10.5 Å². The van der Waals surface area contributed by atoms with Gasteiger partial charge in [0.25, 0.3) is 0 Å². The molecule has 1 unspecified atom stereocenters. The number of nitrogens with zero attached hydrogens (tertiary/aromatic N) is 1. The summed E-state index contributed by atoms with van der Waals surface area (Å²) in [6.45, 7) is 4.43. The highest BCUT2D eigenvalue weighted by molar-refractivity contribution is 7.98. The zero-order valence-corrected chi connectivity index (χ0v) is 14.0. The molecule has 22 heavy (non-hydrogen) atoms. The highest BCUT2D eigenvalue weighted by Gasteiger charge is 2.16. The molecule has 0 amide bonds. The molecular weight excluding hydrogens is 326 g/mol. The molecule has 0 radical (unpaired) electrons. The van der Waals surface area contributed by atoms with Crippen LogP contribution in [0.2, 0.25) is 0 Å². The first-order valence-corrected chi connectivity index (χ1v) is 8.41. The van der Waals surface area contributed by atoms with Gasteiger partial charge in [-0.3, -0.25) is 4.90 Å². The third-order valence-corrected chi connectivity index (χ3v) is 4.75. The molecule has 7 heteroatoms. The zero-order valence-electron chi connectivity index (χ0n) is 12.4. The van der Waals surface area contributed by atoms with E-state index in [0.29, 0.717) is 6.79 Å². The molecule has 1 saturated heterocycles. The van der Waals surface area contributed by atoms with E-state index in [2.05, 4.69) is 11.0 Å². The molecule has 2 heterocycles. The summed E-state index contributed by atoms with van der Waals surface area (Å²) in [6, 6.07) is 6.01. The van der Waals surface area contributed by atoms with Crippen molar-refractivity contribution in [2.45, 2.75) is 11.9 Å². The van der Waals surface area contributed by atoms with Crippen LogP contribution in [0.15, 0.2) is 18.2 Å². The number of hydrogen-bond donors (Lipinski definition) is 1. The van der Waals surface area contributed by atoms with Crippen LogP contribution in [-0.4, -0.2) is 61.5 Å². The monoisotopic (exact) mass is 347 g/mol. The maximum Gasteiger partial charge on any atom is 0.231 e. The fraction of sp³-hybridized carbons (Fsp3) is 0.600. The minimum atomic E-state index is -0.290. The van der Waals surface area contributed by atoms with Crippen LogP contribution in [0.3, 0.4) is 0 Å². The minimum Gasteiger partial charge on any atom is -0.454 e. The summed E-state index contributed by atoms with van der Waals surface area (Å²) in [5.74, 6) is 3.25. The lowest BCUT2D eigenvalue weighted by molar-refractivity contribution is 0.0188. The summed E-state index contributed by atoms with van der Waals surface area (Å²) in [5.41, 5.74) is 1.20. The Kier molecular flexibility index (Phi) is 7.11. The SMILES string of the molecule is Cl.OC(CSCc1ccc2c(c1)OCO2)CN1CCOCC1. The predicted octanol–water partition coefficient (Wildman–Crippen LogP) is 1.76. The van der Waals surface area contributed by atoms with Crippen LogP contribution in [0.25, 0.3) is 0 Å². The number of rotatable bonds is 6. The number of benzene rings is 1. The molecule has 0 aliphatic carbocycles. The van der Waals surface area contributed by atoms with E-state index >= 15 is 0 Å². The van der Waals surface area contributed by atoms with E-state index in [1.54, 1.807) is 11.8 Å². The van der Waals surface area contributed by atoms with Crippen molar-refractivity contribution in [1.29, 1.82) is 0 Å². The third kappa shape index (κ3) is 4.93. The van der Waals surface area contributed by atoms with Gasteiger partial charge in [-0.1, -0.05) is 6.07 Å². The third-order valence-electron chi connectivity index (χ3n) is 3.59. The number of β-amino-alcohol motifs (C(OH)–C–C–N with tert-alkyl or cyclic N) is 1. The van der Waals surface area contributed by atoms with Gasteiger partial charge in [-0.05, 0) is 17.7 Å². The predicted molar refractivity (Wildman–Crippen MR) is 89.2 cm³/mol. The molecule has 0 saturated carbocycles. The Balaban J connectivity index is 0.00000176. The summed E-state index contributed by atoms with van der Waals surface area (Å²) in [5, 5.41) is 10.1. The van der Waals surface area contributed by atoms with Gasteiger partial charge in [0.05, 0.1) is 19.3 Å². The Morgan fingerprint density at radius 2 is 1.95 bits per heavy atom. The van der Waals surface area contributed by atoms with Crippen LogP contribution >= 0.6 is 24.2 Å². The Hall–Kier alpha value is -0.660. The first-order valence-electron chi connectivity index (χ1n) is 7.26. The van der Waals surface area contributed by atoms with Crippen LogP contribution in [0.4, 0.5) is 0 Å². The van der Waals surface area contributed by atoms with Crippen molar-refractivity contribution in [2.24, 2.45) is 0 Å². The van der Waals surface area contributed by atoms with Crippen molar-refractivity contribution in [3.63, 3.8) is 0 Å². The molecular formula is C15H22ClNO4S. The quantitative estimate of drug-likeness (QED) is 0.846. The first kappa shape index (κ1) is 17.7. The molecule has 2 aliphatic rings. The average molecular weight is 348 g/mol. The number of halogens is 1. The summed E-state index contributed by atoms with van der Waals surface area (Å²) in [6.07, 6.45) is -0.290. The van der Waals surface area contributed by atoms with Gasteiger partial charge >= 0.3 is 0 Å². The molecule has 3 rings (SSSR count). The van der Waals surface area contributed by atoms with Crippen molar-refractivity contribution in [1.82, 2.24) is 4.90 Å². The van der Waals surface area contributed by atoms with E-state index in [4.69, 9.17) is 14.2 Å². The topological polar surface area (TPSA) is 51.2 Å². The van der Waals surface area contributed by atoms with Gasteiger partial charge < -0.3 is 19.3 Å². The Bertz CT molecular complexity index is 471. The van der Waals surface area contributed by atoms with E-state index in [0.717, 1.165) is 55.9 Å². The zero-order chi connectivity index (χ0) is 14.5. The lowest BCUT2D eigenvalue weighted by Crippen LogP contribution is -2.41. The van der Waals surface area contributed by atoms with E-state index in [1.165, 1.54) is 5.56 Å². The molecule has 1 atom stereocenters. The fourth-order valence-electron chi connectivity index (χ4n) is 2.48. The Morgan fingerprint density at radius 1 is 1.18 bits per heavy atom. The van der Waals surface area contributed by atoms with Crippen molar-refractivity contribution in [2.75, 3.05) is 45.4 Å². The molecule has 1 aromatic carbocycles. The highest BCUT2D eigenvalue weighted by atomic mass is 35.5. The molecule has 1 fully saturated rings. The lowest BCUT2D eigenvalue weighted by Gasteiger charge is -2.28. The number of morpholine rings is 1. The van der Waals surface area contributed by atoms with Gasteiger partial charge in [0.15, 0.2) is 11.5 Å². The van der Waals surface area contributed by atoms with Crippen molar-refractivity contribution in [3.05, 3.63) is 23.8 Å². The van der Waals surface area contributed by atoms with E-state index < -0.39 is 0 Å². The van der Waals surface area contributed by atoms with Crippen LogP contribution in [0, 0.1) is 0 Å². The van der Waals surface area contributed by atoms with E-state index in [9.17, 15) is 5.11 Å². The molecule has 5 nitrogen and oxygen atoms in total. The number of fused-ring (bicyclic) bond motifs is 1. The molecule has 0 bridgehead atoms. The lowest BCUT2D eigenvalue weighted by atomic mass is 10.2. The summed E-state index contributed by atoms with van der Waals surface area (Å²) in [7, 11) is 0. The number of ether oxygens (including phenoxy) is 3. The van der Waals surface area contributed by atoms with Crippen molar-refractivity contribution < 1.29 is 19.3 Å². The van der Waals surface area contributed by atoms with Gasteiger partial charge in [0.2, 0.25) is 6.79 Å². The molecule has 0 aromatic heterocycles. The Labute approximate surface area is 141 Å². The normalized spacial score (nSPS) is 18.8. The second-order valence-corrected chi connectivity index (χ2v) is 6.30. The van der Waals surface area contributed by atoms with Gasteiger partial charge in [0, 0.05) is 31.1 Å². The summed E-state index contributed by atoms with van der Waals surface area (Å²) < 4.78 is 16.0. The maximum atomic E-state index is 10.1. The minimum absolute atomic E-state index is 0. The Morgan fingerprint density at radius 3 is 2.77 bits per heavy atom. The van der Waals surface area contributed by atoms with Crippen molar-refractivity contribution >= 4 is 24.2 Å². The molecule has 124 valence electrons. The second-order valence-electron chi connectivity index (χ2n) is 5.27. The maximum absolute atomic E-state index is 10.1. The largest absolute Gasteiger partial charge is 0.454 e. The van der Waals surface area contributed by atoms with Gasteiger partial charge in [-0.25, -0.2) is 0 Å². The molecule has 1 N–H and O–H groups in total. The van der Waals surface area contributed by atoms with Gasteiger partial charge in [-0.2, -0.15) is 11.8 Å². The van der Waals surface area contributed by atoms with Crippen LogP contribution in [0.5, 0.6) is 11.5 Å². The number of hydrogen-bond acceptors (Lipinski definition) is 6. The highest BCUT2D eigenvalue weighted by Crippen LogP contribution is 2.33. The van der Waals surface area contributed by atoms with Crippen LogP contribution < -0.4 is 9.47 Å². The fourth-order valence-corrected chi connectivity index (χ4v) is 3.39. The molecule has 1 aromatic rings. The van der Waals surface area contributed by atoms with Gasteiger partial charge in [0.1, 0.15) is 0 Å². The number of aliphatic hydroxyl groups excluding tert-OH is 1. The number of aliphatic hydroxyl groups is 1. The van der Waals surface area contributed by atoms with Gasteiger partial charge in [-0.15, -0.1) is 12.4 Å². The number of thioether (sulfide) groups is 1. The second kappa shape index (κ2) is 8.84. The molecule has 0 spiro atoms. The molecule has 2 aliphatic heterocycles. The van der Waals surface area contributed by atoms with E-state index in [1.807, 2.05) is 12.1 Å². The smallest absolute Gasteiger partial charge is 0.231 e. The van der Waals surface area contributed by atoms with Crippen molar-refractivity contribution in [3.8, 4) is 11.5 Å². The standard InChI is InChI=1S/C15H21NO4S.ClH/c17-13(8-16-3-5-18-6-4-16)10-21-9-12-1-2-14-15(7-12)20-11-19-14;/h1-2,7,13,17H,3-6,8-11H2;1H. The van der Waals surface area contributed by atoms with E-state index in [-0.39, 0.29) is 18.5 Å². The first-order chi connectivity index (χ1) is 10.3. The summed E-state index contributed by atoms with van der Waals surface area (Å²) >= 11 is 1.74. The summed E-state index contributed by atoms with van der Waals surface area (Å²) in [4.78, 5) is 2.26. The average Bonchev–Trinajstić information content (AvgIpc) is 2.96. The van der Waals surface area contributed by atoms with Crippen LogP contribution in [0.1, 0.15) is 5.56 Å².